The predicted molar refractivity (Wildman–Crippen MR) is 240 cm³/mol. The Balaban J connectivity index is -0.000000526. The number of hydrogen-bond donors (Lipinski definition) is 4. The van der Waals surface area contributed by atoms with Crippen LogP contribution >= 0.6 is 0 Å². The third-order valence-electron chi connectivity index (χ3n) is 10.7. The summed E-state index contributed by atoms with van der Waals surface area (Å²) >= 11 is 0. The van der Waals surface area contributed by atoms with Crippen LogP contribution in [0.5, 0.6) is 0 Å². The van der Waals surface area contributed by atoms with E-state index in [9.17, 15) is 45.1 Å². The number of carbonyl (C=O) groups is 4. The molecule has 6 N–H and O–H groups in total. The molecule has 0 bridgehead atoms. The molecule has 356 valence electrons. The molecule has 0 aromatic carbocycles. The first-order valence-electron chi connectivity index (χ1n) is 23.6. The van der Waals surface area contributed by atoms with Crippen LogP contribution in [0.15, 0.2) is 0 Å². The Hall–Kier alpha value is -0.300. The summed E-state index contributed by atoms with van der Waals surface area (Å²) < 4.78 is 66.4. The normalized spacial score (nSPS) is 12.2. The number of nitrogens with one attached hydrogen (secondary N) is 2. The number of nitrogens with two attached hydrogens (primary N) is 2. The van der Waals surface area contributed by atoms with Crippen LogP contribution in [0.1, 0.15) is 232 Å². The van der Waals surface area contributed by atoms with Crippen LogP contribution in [0.3, 0.4) is 0 Å². The van der Waals surface area contributed by atoms with Gasteiger partial charge < -0.3 is 31.2 Å². The predicted octanol–water partition coefficient (Wildman–Crippen LogP) is 2.31. The Morgan fingerprint density at radius 2 is 0.565 bits per heavy atom. The first kappa shape index (κ1) is 68.3. The number of carbonyl (C=O) groups excluding carboxylic acids is 4. The van der Waals surface area contributed by atoms with E-state index in [1.54, 1.807) is 0 Å². The van der Waals surface area contributed by atoms with Gasteiger partial charge in [0, 0.05) is 13.1 Å². The van der Waals surface area contributed by atoms with Crippen molar-refractivity contribution in [1.82, 2.24) is 10.6 Å². The smallest absolute Gasteiger partial charge is 0.747 e. The van der Waals surface area contributed by atoms with Crippen molar-refractivity contribution in [3.63, 3.8) is 0 Å². The maximum absolute atomic E-state index is 11.8. The number of amides is 4. The molecule has 0 heterocycles. The third kappa shape index (κ3) is 47.7. The van der Waals surface area contributed by atoms with E-state index in [0.717, 1.165) is 38.5 Å². The van der Waals surface area contributed by atoms with Crippen molar-refractivity contribution in [2.75, 3.05) is 13.1 Å². The van der Waals surface area contributed by atoms with Gasteiger partial charge in [0.1, 0.15) is 30.7 Å². The van der Waals surface area contributed by atoms with Gasteiger partial charge in [0.2, 0.25) is 23.6 Å². The molecule has 0 aromatic heterocycles. The Labute approximate surface area is 422 Å². The quantitative estimate of drug-likeness (QED) is 0.0395. The van der Waals surface area contributed by atoms with Gasteiger partial charge in [0.05, 0.1) is 12.8 Å². The van der Waals surface area contributed by atoms with Crippen LogP contribution in [0.2, 0.25) is 0 Å². The van der Waals surface area contributed by atoms with Crippen LogP contribution in [0.4, 0.5) is 0 Å². The zero-order valence-corrected chi connectivity index (χ0v) is 45.3. The first-order valence-corrected chi connectivity index (χ1v) is 26.5. The van der Waals surface area contributed by atoms with Crippen molar-refractivity contribution < 1.29 is 104 Å². The zero-order chi connectivity index (χ0) is 45.3. The van der Waals surface area contributed by atoms with Gasteiger partial charge in [-0.15, -0.1) is 0 Å². The average Bonchev–Trinajstić information content (AvgIpc) is 3.17. The third-order valence-corrected chi connectivity index (χ3v) is 12.9. The van der Waals surface area contributed by atoms with Gasteiger partial charge in [-0.2, -0.15) is 0 Å². The Kier molecular flexibility index (Phi) is 52.0. The molecule has 0 saturated heterocycles. The summed E-state index contributed by atoms with van der Waals surface area (Å²) in [5, 5.41) is 0.968. The van der Waals surface area contributed by atoms with E-state index < -0.39 is 67.2 Å². The molecule has 2 unspecified atom stereocenters. The second kappa shape index (κ2) is 47.2. The van der Waals surface area contributed by atoms with E-state index >= 15 is 0 Å². The van der Waals surface area contributed by atoms with Crippen LogP contribution < -0.4 is 81.2 Å². The van der Waals surface area contributed by atoms with Crippen molar-refractivity contribution in [1.29, 1.82) is 0 Å². The van der Waals surface area contributed by atoms with Crippen molar-refractivity contribution in [2.45, 2.75) is 243 Å². The SMILES string of the molecule is CCCCCCCCCCCCCCCCCCNC(=O)C(CC(N)=O)S(=O)(=O)[O-].CCCCCCCCCCCCCCCCCCNC(=O)C(CC(N)=O)S(=O)(=O)[O-].[Na+].[Na+]. The summed E-state index contributed by atoms with van der Waals surface area (Å²) in [6, 6.07) is 0. The van der Waals surface area contributed by atoms with Gasteiger partial charge in [0.25, 0.3) is 0 Å². The van der Waals surface area contributed by atoms with Gasteiger partial charge in [-0.1, -0.05) is 206 Å². The summed E-state index contributed by atoms with van der Waals surface area (Å²) in [4.78, 5) is 45.2. The second-order valence-electron chi connectivity index (χ2n) is 16.5. The molecule has 2 atom stereocenters. The zero-order valence-electron chi connectivity index (χ0n) is 39.7. The van der Waals surface area contributed by atoms with Gasteiger partial charge in [0.15, 0.2) is 0 Å². The number of unbranched alkanes of at least 4 members (excludes halogenated alkanes) is 30. The molecule has 4 amide bonds. The summed E-state index contributed by atoms with van der Waals surface area (Å²) in [6.07, 6.45) is 38.3. The van der Waals surface area contributed by atoms with Crippen molar-refractivity contribution in [2.24, 2.45) is 11.5 Å². The number of hydrogen-bond acceptors (Lipinski definition) is 10. The van der Waals surface area contributed by atoms with Crippen LogP contribution in [0, 0.1) is 0 Å². The van der Waals surface area contributed by atoms with Crippen LogP contribution in [-0.4, -0.2) is 73.2 Å². The summed E-state index contributed by atoms with van der Waals surface area (Å²) in [7, 11) is -9.79. The first-order chi connectivity index (χ1) is 28.6. The molecule has 14 nitrogen and oxygen atoms in total. The summed E-state index contributed by atoms with van der Waals surface area (Å²) in [6.45, 7) is 5.08. The van der Waals surface area contributed by atoms with Gasteiger partial charge in [-0.25, -0.2) is 16.8 Å². The summed E-state index contributed by atoms with van der Waals surface area (Å²) in [5.74, 6) is -3.86. The van der Waals surface area contributed by atoms with Gasteiger partial charge >= 0.3 is 59.1 Å². The molecule has 0 radical (unpaired) electrons. The summed E-state index contributed by atoms with van der Waals surface area (Å²) in [5.41, 5.74) is 9.80. The van der Waals surface area contributed by atoms with Crippen LogP contribution in [-0.2, 0) is 39.4 Å². The minimum atomic E-state index is -4.90. The molecule has 0 aromatic rings. The standard InChI is InChI=1S/2C22H44N2O5S.2Na/c2*1-2-3-4-5-6-7-8-9-10-11-12-13-14-15-16-17-18-24-22(26)20(19-21(23)25)30(27,28)29;;/h2*20H,2-19H2,1H3,(H2,23,25)(H,24,26)(H,27,28,29);;/q;;2*+1/p-2. The molecular weight excluding hydrogens is 855 g/mol. The molecule has 0 aliphatic rings. The van der Waals surface area contributed by atoms with E-state index in [4.69, 9.17) is 11.5 Å². The Bertz CT molecular complexity index is 1210. The van der Waals surface area contributed by atoms with Crippen molar-refractivity contribution in [3.05, 3.63) is 0 Å². The maximum Gasteiger partial charge on any atom is 1.00 e. The molecule has 0 saturated carbocycles. The second-order valence-corrected chi connectivity index (χ2v) is 19.6. The number of rotatable bonds is 42. The monoisotopic (exact) mass is 941 g/mol. The maximum atomic E-state index is 11.8. The Morgan fingerprint density at radius 1 is 0.387 bits per heavy atom. The topological polar surface area (TPSA) is 259 Å². The molecule has 0 aliphatic carbocycles. The van der Waals surface area contributed by atoms with E-state index in [1.807, 2.05) is 0 Å². The van der Waals surface area contributed by atoms with E-state index in [0.29, 0.717) is 25.9 Å². The molecule has 0 fully saturated rings. The number of primary amides is 2. The molecule has 62 heavy (non-hydrogen) atoms. The minimum absolute atomic E-state index is 0. The van der Waals surface area contributed by atoms with E-state index in [1.165, 1.54) is 154 Å². The van der Waals surface area contributed by atoms with Gasteiger partial charge in [-0.3, -0.25) is 19.2 Å². The minimum Gasteiger partial charge on any atom is -0.747 e. The fraction of sp³-hybridized carbons (Fsp3) is 0.909. The molecule has 0 spiro atoms. The van der Waals surface area contributed by atoms with Crippen LogP contribution in [0.25, 0.3) is 0 Å². The molecular formula is C44H86N4Na2O10S2. The van der Waals surface area contributed by atoms with E-state index in [2.05, 4.69) is 24.5 Å². The van der Waals surface area contributed by atoms with Crippen molar-refractivity contribution >= 4 is 43.9 Å². The average molecular weight is 941 g/mol. The molecule has 0 rings (SSSR count). The fourth-order valence-electron chi connectivity index (χ4n) is 7.01. The molecule has 18 heteroatoms. The van der Waals surface area contributed by atoms with Gasteiger partial charge in [-0.05, 0) is 12.8 Å². The van der Waals surface area contributed by atoms with Crippen molar-refractivity contribution in [3.8, 4) is 0 Å². The molecule has 0 aliphatic heterocycles. The fourth-order valence-corrected chi connectivity index (χ4v) is 8.44. The largest absolute Gasteiger partial charge is 1.00 e. The Morgan fingerprint density at radius 3 is 0.726 bits per heavy atom. The van der Waals surface area contributed by atoms with E-state index in [-0.39, 0.29) is 59.1 Å².